The summed E-state index contributed by atoms with van der Waals surface area (Å²) in [6, 6.07) is 6.08. The lowest BCUT2D eigenvalue weighted by molar-refractivity contribution is -0.147. The highest BCUT2D eigenvalue weighted by atomic mass is 16.5. The van der Waals surface area contributed by atoms with E-state index in [-0.39, 0.29) is 47.7 Å². The van der Waals surface area contributed by atoms with Crippen LogP contribution < -0.4 is 4.74 Å². The summed E-state index contributed by atoms with van der Waals surface area (Å²) in [5.74, 6) is 0.293. The maximum Gasteiger partial charge on any atom is 0.305 e. The zero-order chi connectivity index (χ0) is 22.5. The number of allylic oxidation sites excluding steroid dienone is 1. The van der Waals surface area contributed by atoms with Gasteiger partial charge in [-0.15, -0.1) is 0 Å². The van der Waals surface area contributed by atoms with E-state index in [4.69, 9.17) is 14.2 Å². The summed E-state index contributed by atoms with van der Waals surface area (Å²) in [5.41, 5.74) is 2.15. The molecule has 2 aliphatic rings. The summed E-state index contributed by atoms with van der Waals surface area (Å²) < 4.78 is 16.7. The first-order valence-corrected chi connectivity index (χ1v) is 11.1. The van der Waals surface area contributed by atoms with Crippen LogP contribution in [0.25, 0.3) is 0 Å². The summed E-state index contributed by atoms with van der Waals surface area (Å²) in [6.45, 7) is 5.32. The Morgan fingerprint density at radius 1 is 1.29 bits per heavy atom. The van der Waals surface area contributed by atoms with Gasteiger partial charge in [0, 0.05) is 43.1 Å². The third-order valence-electron chi connectivity index (χ3n) is 6.42. The summed E-state index contributed by atoms with van der Waals surface area (Å²) >= 11 is 0. The van der Waals surface area contributed by atoms with Crippen molar-refractivity contribution in [3.63, 3.8) is 0 Å². The van der Waals surface area contributed by atoms with Gasteiger partial charge in [0.2, 0.25) is 0 Å². The van der Waals surface area contributed by atoms with Crippen molar-refractivity contribution in [2.75, 3.05) is 7.11 Å². The zero-order valence-corrected chi connectivity index (χ0v) is 18.8. The number of hydrogen-bond donors (Lipinski definition) is 0. The average Bonchev–Trinajstić information content (AvgIpc) is 3.26. The van der Waals surface area contributed by atoms with E-state index < -0.39 is 0 Å². The largest absolute Gasteiger partial charge is 0.489 e. The van der Waals surface area contributed by atoms with Gasteiger partial charge in [-0.1, -0.05) is 38.1 Å². The summed E-state index contributed by atoms with van der Waals surface area (Å²) in [7, 11) is 1.39. The number of carbonyl (C=O) groups is 3. The molecule has 0 amide bonds. The van der Waals surface area contributed by atoms with Gasteiger partial charge in [-0.05, 0) is 30.9 Å². The molecule has 1 aromatic carbocycles. The van der Waals surface area contributed by atoms with Gasteiger partial charge in [0.15, 0.2) is 5.78 Å². The number of esters is 2. The smallest absolute Gasteiger partial charge is 0.305 e. The van der Waals surface area contributed by atoms with E-state index in [1.165, 1.54) is 14.0 Å². The van der Waals surface area contributed by atoms with Gasteiger partial charge in [-0.3, -0.25) is 14.4 Å². The van der Waals surface area contributed by atoms with Gasteiger partial charge in [-0.2, -0.15) is 0 Å². The number of benzene rings is 1. The Labute approximate surface area is 183 Å². The van der Waals surface area contributed by atoms with Crippen LogP contribution in [-0.4, -0.2) is 37.0 Å². The predicted molar refractivity (Wildman–Crippen MR) is 116 cm³/mol. The minimum absolute atomic E-state index is 0.0286. The van der Waals surface area contributed by atoms with Crippen molar-refractivity contribution in [1.82, 2.24) is 0 Å². The molecule has 1 aromatic rings. The second-order valence-corrected chi connectivity index (χ2v) is 8.48. The van der Waals surface area contributed by atoms with Crippen molar-refractivity contribution >= 4 is 17.7 Å². The van der Waals surface area contributed by atoms with Crippen LogP contribution in [0, 0.1) is 11.8 Å². The van der Waals surface area contributed by atoms with Crippen LogP contribution in [0.2, 0.25) is 0 Å². The number of carbonyl (C=O) groups excluding carboxylic acids is 3. The number of ether oxygens (including phenoxy) is 3. The van der Waals surface area contributed by atoms with Crippen LogP contribution in [-0.2, 0) is 30.3 Å². The molecule has 0 spiro atoms. The van der Waals surface area contributed by atoms with Crippen molar-refractivity contribution in [2.24, 2.45) is 11.8 Å². The van der Waals surface area contributed by atoms with Crippen LogP contribution in [0.15, 0.2) is 30.4 Å². The molecule has 5 atom stereocenters. The first-order chi connectivity index (χ1) is 14.8. The van der Waals surface area contributed by atoms with Crippen molar-refractivity contribution in [2.45, 2.75) is 71.0 Å². The van der Waals surface area contributed by atoms with Crippen molar-refractivity contribution in [3.05, 3.63) is 41.5 Å². The third-order valence-corrected chi connectivity index (χ3v) is 6.42. The molecule has 168 valence electrons. The molecule has 0 unspecified atom stereocenters. The lowest BCUT2D eigenvalue weighted by atomic mass is 9.86. The highest BCUT2D eigenvalue weighted by Gasteiger charge is 2.50. The first-order valence-electron chi connectivity index (χ1n) is 11.1. The number of rotatable bonds is 9. The molecule has 1 saturated carbocycles. The number of hydrogen-bond acceptors (Lipinski definition) is 6. The Hall–Kier alpha value is -2.63. The van der Waals surface area contributed by atoms with E-state index in [0.717, 1.165) is 29.7 Å². The minimum atomic E-state index is -0.326. The molecule has 0 aromatic heterocycles. The Morgan fingerprint density at radius 2 is 2.06 bits per heavy atom. The molecule has 3 rings (SSSR count). The fourth-order valence-corrected chi connectivity index (χ4v) is 4.58. The van der Waals surface area contributed by atoms with E-state index >= 15 is 0 Å². The summed E-state index contributed by atoms with van der Waals surface area (Å²) in [5, 5.41) is 0. The van der Waals surface area contributed by atoms with Crippen LogP contribution in [0.1, 0.15) is 63.5 Å². The van der Waals surface area contributed by atoms with Gasteiger partial charge < -0.3 is 14.2 Å². The number of fused-ring (bicyclic) bond motifs is 3. The maximum absolute atomic E-state index is 12.4. The molecule has 0 saturated heterocycles. The lowest BCUT2D eigenvalue weighted by Gasteiger charge is -2.21. The molecular formula is C25H32O6. The van der Waals surface area contributed by atoms with E-state index in [1.807, 2.05) is 32.1 Å². The molecule has 31 heavy (non-hydrogen) atoms. The normalized spacial score (nSPS) is 24.9. The standard InChI is InChI=1S/C25H32O6/c1-5-15(2)20(27)13-12-18-21(30-16(3)26)14-22-24(18)19-10-6-8-17(25(19)31-22)9-7-11-23(28)29-4/h6,8,10,12-13,15,18,21-22,24H,5,7,9,11,14H2,1-4H3/b13-12+/t15-,18+,21-,22+,24+/m1/s1. The summed E-state index contributed by atoms with van der Waals surface area (Å²) in [4.78, 5) is 35.5. The van der Waals surface area contributed by atoms with Crippen molar-refractivity contribution in [3.8, 4) is 5.75 Å². The molecule has 1 aliphatic carbocycles. The van der Waals surface area contributed by atoms with E-state index in [9.17, 15) is 14.4 Å². The van der Waals surface area contributed by atoms with Crippen molar-refractivity contribution < 1.29 is 28.6 Å². The molecule has 1 aliphatic heterocycles. The fourth-order valence-electron chi connectivity index (χ4n) is 4.58. The van der Waals surface area contributed by atoms with Gasteiger partial charge in [0.1, 0.15) is 18.0 Å². The monoisotopic (exact) mass is 428 g/mol. The lowest BCUT2D eigenvalue weighted by Crippen LogP contribution is -2.22. The molecule has 0 radical (unpaired) electrons. The third kappa shape index (κ3) is 5.17. The van der Waals surface area contributed by atoms with Crippen LogP contribution in [0.5, 0.6) is 5.75 Å². The zero-order valence-electron chi connectivity index (χ0n) is 18.8. The second kappa shape index (κ2) is 10.1. The van der Waals surface area contributed by atoms with Crippen LogP contribution in [0.4, 0.5) is 0 Å². The van der Waals surface area contributed by atoms with E-state index in [1.54, 1.807) is 6.08 Å². The number of ketones is 1. The minimum Gasteiger partial charge on any atom is -0.489 e. The Morgan fingerprint density at radius 3 is 2.74 bits per heavy atom. The topological polar surface area (TPSA) is 78.9 Å². The first kappa shape index (κ1) is 23.0. The van der Waals surface area contributed by atoms with Gasteiger partial charge in [0.25, 0.3) is 0 Å². The van der Waals surface area contributed by atoms with Gasteiger partial charge in [0.05, 0.1) is 7.11 Å². The predicted octanol–water partition coefficient (Wildman–Crippen LogP) is 4.15. The Balaban J connectivity index is 1.83. The molecule has 1 heterocycles. The Bertz CT molecular complexity index is 858. The molecule has 6 nitrogen and oxygen atoms in total. The van der Waals surface area contributed by atoms with Gasteiger partial charge >= 0.3 is 11.9 Å². The molecule has 0 N–H and O–H groups in total. The second-order valence-electron chi connectivity index (χ2n) is 8.48. The van der Waals surface area contributed by atoms with Crippen LogP contribution in [0.3, 0.4) is 0 Å². The number of aryl methyl sites for hydroxylation is 1. The quantitative estimate of drug-likeness (QED) is 0.434. The molecule has 1 fully saturated rings. The van der Waals surface area contributed by atoms with Crippen LogP contribution >= 0.6 is 0 Å². The van der Waals surface area contributed by atoms with Crippen molar-refractivity contribution in [1.29, 1.82) is 0 Å². The Kier molecular flexibility index (Phi) is 7.52. The summed E-state index contributed by atoms with van der Waals surface area (Å²) in [6.07, 6.45) is 6.29. The molecule has 0 bridgehead atoms. The molecular weight excluding hydrogens is 396 g/mol. The molecule has 6 heteroatoms. The highest BCUT2D eigenvalue weighted by Crippen LogP contribution is 2.52. The highest BCUT2D eigenvalue weighted by molar-refractivity contribution is 5.91. The number of para-hydroxylation sites is 1. The SMILES string of the molecule is CC[C@@H](C)C(=O)/C=C/[C@@H]1[C@H]2c3cccc(CCCC(=O)OC)c3O[C@H]2C[C@H]1OC(C)=O. The van der Waals surface area contributed by atoms with E-state index in [0.29, 0.717) is 19.3 Å². The average molecular weight is 429 g/mol. The van der Waals surface area contributed by atoms with E-state index in [2.05, 4.69) is 6.07 Å². The fraction of sp³-hybridized carbons (Fsp3) is 0.560. The maximum atomic E-state index is 12.4. The van der Waals surface area contributed by atoms with Gasteiger partial charge in [-0.25, -0.2) is 0 Å². The number of methoxy groups -OCH3 is 1.